The van der Waals surface area contributed by atoms with E-state index in [1.807, 2.05) is 30.5 Å². The summed E-state index contributed by atoms with van der Waals surface area (Å²) in [5, 5.41) is 3.01. The number of hydrogen-bond acceptors (Lipinski definition) is 4. The van der Waals surface area contributed by atoms with Gasteiger partial charge in [0, 0.05) is 24.4 Å². The number of carbonyl (C=O) groups excluding carboxylic acids is 1. The molecule has 0 radical (unpaired) electrons. The quantitative estimate of drug-likeness (QED) is 0.489. The summed E-state index contributed by atoms with van der Waals surface area (Å²) in [4.78, 5) is 13.1. The van der Waals surface area contributed by atoms with Crippen molar-refractivity contribution in [2.75, 3.05) is 29.9 Å². The molecule has 0 saturated carbocycles. The second-order valence-electron chi connectivity index (χ2n) is 6.83. The lowest BCUT2D eigenvalue weighted by atomic mass is 9.99. The molecule has 1 rings (SSSR count). The lowest BCUT2D eigenvalue weighted by Crippen LogP contribution is -2.33. The Morgan fingerprint density at radius 1 is 1.22 bits per heavy atom. The maximum absolute atomic E-state index is 12.2. The van der Waals surface area contributed by atoms with Gasteiger partial charge in [0.25, 0.3) is 0 Å². The number of sulfonamides is 1. The molecule has 0 bridgehead atoms. The van der Waals surface area contributed by atoms with Crippen molar-refractivity contribution in [3.8, 4) is 0 Å². The minimum atomic E-state index is -3.40. The number of hydrogen-bond donors (Lipinski definition) is 1. The Bertz CT molecular complexity index is 678. The molecule has 1 amide bonds. The van der Waals surface area contributed by atoms with Gasteiger partial charge >= 0.3 is 0 Å². The maximum atomic E-state index is 12.2. The lowest BCUT2D eigenvalue weighted by Gasteiger charge is -2.24. The SMILES string of the molecule is CCCCC(CC)CNC(=O)CCCN(c1ccccc1SC)S(C)(=O)=O. The van der Waals surface area contributed by atoms with E-state index in [4.69, 9.17) is 0 Å². The van der Waals surface area contributed by atoms with E-state index in [0.29, 0.717) is 37.5 Å². The predicted octanol–water partition coefficient (Wildman–Crippen LogP) is 4.29. The molecule has 0 saturated heterocycles. The highest BCUT2D eigenvalue weighted by atomic mass is 32.2. The van der Waals surface area contributed by atoms with E-state index >= 15 is 0 Å². The van der Waals surface area contributed by atoms with E-state index in [2.05, 4.69) is 19.2 Å². The van der Waals surface area contributed by atoms with E-state index in [-0.39, 0.29) is 5.91 Å². The van der Waals surface area contributed by atoms with Crippen molar-refractivity contribution >= 4 is 33.4 Å². The van der Waals surface area contributed by atoms with E-state index in [1.54, 1.807) is 0 Å². The number of amides is 1. The highest BCUT2D eigenvalue weighted by Gasteiger charge is 2.20. The van der Waals surface area contributed by atoms with E-state index in [9.17, 15) is 13.2 Å². The summed E-state index contributed by atoms with van der Waals surface area (Å²) >= 11 is 1.51. The van der Waals surface area contributed by atoms with Crippen molar-refractivity contribution in [2.24, 2.45) is 5.92 Å². The molecule has 5 nitrogen and oxygen atoms in total. The summed E-state index contributed by atoms with van der Waals surface area (Å²) in [5.74, 6) is 0.520. The Kier molecular flexibility index (Phi) is 10.8. The van der Waals surface area contributed by atoms with Crippen LogP contribution < -0.4 is 9.62 Å². The van der Waals surface area contributed by atoms with Crippen molar-refractivity contribution < 1.29 is 13.2 Å². The van der Waals surface area contributed by atoms with Crippen molar-refractivity contribution in [3.05, 3.63) is 24.3 Å². The number of anilines is 1. The second-order valence-corrected chi connectivity index (χ2v) is 9.59. The van der Waals surface area contributed by atoms with E-state index in [1.165, 1.54) is 35.2 Å². The van der Waals surface area contributed by atoms with Crippen molar-refractivity contribution in [1.29, 1.82) is 0 Å². The molecule has 1 atom stereocenters. The molecule has 154 valence electrons. The Morgan fingerprint density at radius 2 is 1.93 bits per heavy atom. The first-order valence-electron chi connectivity index (χ1n) is 9.70. The molecule has 1 aromatic carbocycles. The topological polar surface area (TPSA) is 66.5 Å². The van der Waals surface area contributed by atoms with Crippen molar-refractivity contribution in [1.82, 2.24) is 5.32 Å². The second kappa shape index (κ2) is 12.3. The largest absolute Gasteiger partial charge is 0.356 e. The van der Waals surface area contributed by atoms with Gasteiger partial charge in [-0.2, -0.15) is 0 Å². The third-order valence-electron chi connectivity index (χ3n) is 4.65. The van der Waals surface area contributed by atoms with E-state index < -0.39 is 10.0 Å². The first-order chi connectivity index (χ1) is 12.8. The van der Waals surface area contributed by atoms with Crippen LogP contribution in [0.5, 0.6) is 0 Å². The van der Waals surface area contributed by atoms with Crippen LogP contribution in [0.2, 0.25) is 0 Å². The normalized spacial score (nSPS) is 12.6. The molecular weight excluding hydrogens is 380 g/mol. The van der Waals surface area contributed by atoms with Gasteiger partial charge in [0.15, 0.2) is 0 Å². The maximum Gasteiger partial charge on any atom is 0.232 e. The molecule has 1 unspecified atom stereocenters. The fraction of sp³-hybridized carbons (Fsp3) is 0.650. The highest BCUT2D eigenvalue weighted by molar-refractivity contribution is 7.99. The molecule has 7 heteroatoms. The minimum absolute atomic E-state index is 0.00319. The molecule has 0 aromatic heterocycles. The van der Waals surface area contributed by atoms with Gasteiger partial charge in [0.2, 0.25) is 15.9 Å². The molecule has 1 N–H and O–H groups in total. The number of nitrogens with zero attached hydrogens (tertiary/aromatic N) is 1. The molecule has 0 fully saturated rings. The summed E-state index contributed by atoms with van der Waals surface area (Å²) in [6.07, 6.45) is 8.52. The molecule has 27 heavy (non-hydrogen) atoms. The molecule has 0 aliphatic rings. The monoisotopic (exact) mass is 414 g/mol. The summed E-state index contributed by atoms with van der Waals surface area (Å²) in [6.45, 7) is 5.34. The predicted molar refractivity (Wildman–Crippen MR) is 116 cm³/mol. The molecule has 0 aliphatic heterocycles. The first kappa shape index (κ1) is 23.8. The summed E-state index contributed by atoms with van der Waals surface area (Å²) in [7, 11) is -3.40. The zero-order valence-electron chi connectivity index (χ0n) is 17.0. The Morgan fingerprint density at radius 3 is 2.52 bits per heavy atom. The Balaban J connectivity index is 2.59. The first-order valence-corrected chi connectivity index (χ1v) is 12.8. The Hall–Kier alpha value is -1.21. The van der Waals surface area contributed by atoms with Gasteiger partial charge in [-0.15, -0.1) is 11.8 Å². The summed E-state index contributed by atoms with van der Waals surface area (Å²) < 4.78 is 25.9. The highest BCUT2D eigenvalue weighted by Crippen LogP contribution is 2.30. The standard InChI is InChI=1S/C20H34N2O3S2/c1-5-7-11-17(6-2)16-21-20(23)14-10-15-22(27(4,24)25)18-12-8-9-13-19(18)26-3/h8-9,12-13,17H,5-7,10-11,14-16H2,1-4H3,(H,21,23). The van der Waals surface area contributed by atoms with Gasteiger partial charge in [-0.3, -0.25) is 9.10 Å². The molecular formula is C20H34N2O3S2. The molecule has 0 heterocycles. The third-order valence-corrected chi connectivity index (χ3v) is 6.62. The average Bonchev–Trinajstić information content (AvgIpc) is 2.64. The van der Waals surface area contributed by atoms with Crippen molar-refractivity contribution in [3.63, 3.8) is 0 Å². The zero-order valence-corrected chi connectivity index (χ0v) is 18.7. The van der Waals surface area contributed by atoms with Crippen LogP contribution in [0.15, 0.2) is 29.2 Å². The van der Waals surface area contributed by atoms with Crippen LogP contribution in [0, 0.1) is 5.92 Å². The van der Waals surface area contributed by atoms with Crippen LogP contribution in [0.3, 0.4) is 0 Å². The summed E-state index contributed by atoms with van der Waals surface area (Å²) in [6, 6.07) is 7.45. The van der Waals surface area contributed by atoms with Gasteiger partial charge in [-0.05, 0) is 37.1 Å². The molecule has 0 spiro atoms. The third kappa shape index (κ3) is 8.56. The van der Waals surface area contributed by atoms with Gasteiger partial charge < -0.3 is 5.32 Å². The number of benzene rings is 1. The number of para-hydroxylation sites is 1. The number of unbranched alkanes of at least 4 members (excludes halogenated alkanes) is 1. The fourth-order valence-corrected chi connectivity index (χ4v) is 4.61. The van der Waals surface area contributed by atoms with Gasteiger partial charge in [-0.25, -0.2) is 8.42 Å². The van der Waals surface area contributed by atoms with Crippen LogP contribution in [0.1, 0.15) is 52.4 Å². The lowest BCUT2D eigenvalue weighted by molar-refractivity contribution is -0.121. The number of carbonyl (C=O) groups is 1. The summed E-state index contributed by atoms with van der Waals surface area (Å²) in [5.41, 5.74) is 0.679. The van der Waals surface area contributed by atoms with Crippen LogP contribution >= 0.6 is 11.8 Å². The van der Waals surface area contributed by atoms with Gasteiger partial charge in [-0.1, -0.05) is 45.2 Å². The van der Waals surface area contributed by atoms with Crippen LogP contribution in [0.4, 0.5) is 5.69 Å². The fourth-order valence-electron chi connectivity index (χ4n) is 2.97. The van der Waals surface area contributed by atoms with Crippen LogP contribution in [-0.2, 0) is 14.8 Å². The number of nitrogens with one attached hydrogen (secondary N) is 1. The van der Waals surface area contributed by atoms with Gasteiger partial charge in [0.05, 0.1) is 11.9 Å². The zero-order chi connectivity index (χ0) is 20.3. The minimum Gasteiger partial charge on any atom is -0.356 e. The molecule has 0 aliphatic carbocycles. The van der Waals surface area contributed by atoms with E-state index in [0.717, 1.165) is 17.7 Å². The van der Waals surface area contributed by atoms with Crippen molar-refractivity contribution in [2.45, 2.75) is 57.3 Å². The smallest absolute Gasteiger partial charge is 0.232 e. The number of thioether (sulfide) groups is 1. The Labute approximate surface area is 169 Å². The van der Waals surface area contributed by atoms with Gasteiger partial charge in [0.1, 0.15) is 0 Å². The molecule has 1 aromatic rings. The number of rotatable bonds is 13. The van der Waals surface area contributed by atoms with Crippen LogP contribution in [0.25, 0.3) is 0 Å². The van der Waals surface area contributed by atoms with Crippen LogP contribution in [-0.4, -0.2) is 39.9 Å². The average molecular weight is 415 g/mol.